The van der Waals surface area contributed by atoms with Gasteiger partial charge in [0.1, 0.15) is 12.2 Å². The van der Waals surface area contributed by atoms with Gasteiger partial charge in [-0.2, -0.15) is 0 Å². The first kappa shape index (κ1) is 10.8. The number of ether oxygens (including phenoxy) is 1. The van der Waals surface area contributed by atoms with Crippen LogP contribution in [0.3, 0.4) is 0 Å². The third-order valence-corrected chi connectivity index (χ3v) is 1.70. The first-order valence-corrected chi connectivity index (χ1v) is 3.34. The van der Waals surface area contributed by atoms with Crippen molar-refractivity contribution in [2.24, 2.45) is 0 Å². The van der Waals surface area contributed by atoms with Gasteiger partial charge in [-0.15, -0.1) is 0 Å². The molecule has 0 aromatic heterocycles. The molecule has 5 nitrogen and oxygen atoms in total. The van der Waals surface area contributed by atoms with Gasteiger partial charge >= 0.3 is 0 Å². The van der Waals surface area contributed by atoms with E-state index in [1.54, 1.807) is 0 Å². The summed E-state index contributed by atoms with van der Waals surface area (Å²) in [6.07, 6.45) is -1.84. The van der Waals surface area contributed by atoms with Gasteiger partial charge in [0, 0.05) is 6.61 Å². The van der Waals surface area contributed by atoms with Gasteiger partial charge in [0.25, 0.3) is 0 Å². The fourth-order valence-electron chi connectivity index (χ4n) is 1.02. The number of aliphatic hydroxyl groups is 3. The Morgan fingerprint density at radius 2 is 2.00 bits per heavy atom. The Hall–Kier alpha value is -0.200. The predicted octanol–water partition coefficient (Wildman–Crippen LogP) is -2.34. The Balaban J connectivity index is 0.000001000. The zero-order valence-corrected chi connectivity index (χ0v) is 6.10. The molecule has 11 heavy (non-hydrogen) atoms. The van der Waals surface area contributed by atoms with Crippen LogP contribution in [0, 0.1) is 0 Å². The molecule has 0 aromatic carbocycles. The molecule has 0 amide bonds. The number of aliphatic hydroxyl groups excluding tert-OH is 3. The van der Waals surface area contributed by atoms with Gasteiger partial charge in [0.15, 0.2) is 0 Å². The van der Waals surface area contributed by atoms with Gasteiger partial charge in [-0.3, -0.25) is 0 Å². The van der Waals surface area contributed by atoms with Crippen LogP contribution >= 0.6 is 0 Å². The summed E-state index contributed by atoms with van der Waals surface area (Å²) in [6.45, 7) is 0.168. The summed E-state index contributed by atoms with van der Waals surface area (Å²) in [7, 11) is 0. The normalized spacial score (nSPS) is 37.9. The van der Waals surface area contributed by atoms with E-state index in [9.17, 15) is 0 Å². The molecule has 5 N–H and O–H groups in total. The topological polar surface area (TPSA) is 101 Å². The first-order valence-electron chi connectivity index (χ1n) is 3.34. The van der Waals surface area contributed by atoms with E-state index in [4.69, 9.17) is 20.1 Å². The molecule has 0 saturated carbocycles. The van der Waals surface area contributed by atoms with Gasteiger partial charge < -0.3 is 25.5 Å². The lowest BCUT2D eigenvalue weighted by Gasteiger charge is -2.30. The number of hydrogen-bond acceptors (Lipinski definition) is 4. The molecule has 0 spiro atoms. The average Bonchev–Trinajstić information content (AvgIpc) is 1.95. The first-order chi connectivity index (χ1) is 4.75. The largest absolute Gasteiger partial charge is 0.412 e. The van der Waals surface area contributed by atoms with E-state index in [2.05, 4.69) is 0 Å². The molecule has 1 saturated heterocycles. The Bertz CT molecular complexity index is 107. The highest BCUT2D eigenvalue weighted by Crippen LogP contribution is 2.13. The summed E-state index contributed by atoms with van der Waals surface area (Å²) in [5.74, 6) is 0. The summed E-state index contributed by atoms with van der Waals surface area (Å²) in [5, 5.41) is 26.7. The van der Waals surface area contributed by atoms with Crippen LogP contribution in [0.15, 0.2) is 0 Å². The lowest BCUT2D eigenvalue weighted by atomic mass is 10.0. The summed E-state index contributed by atoms with van der Waals surface area (Å²) in [5.41, 5.74) is 0. The van der Waals surface area contributed by atoms with Crippen molar-refractivity contribution in [2.45, 2.75) is 24.7 Å². The van der Waals surface area contributed by atoms with Crippen molar-refractivity contribution < 1.29 is 25.5 Å². The molecule has 1 fully saturated rings. The Morgan fingerprint density at radius 1 is 1.36 bits per heavy atom. The summed E-state index contributed by atoms with van der Waals surface area (Å²) >= 11 is 0. The summed E-state index contributed by atoms with van der Waals surface area (Å²) in [6, 6.07) is 0. The molecule has 68 valence electrons. The van der Waals surface area contributed by atoms with Gasteiger partial charge in [0.05, 0.1) is 12.7 Å². The van der Waals surface area contributed by atoms with E-state index in [-0.39, 0.29) is 12.1 Å². The maximum atomic E-state index is 9.10. The maximum Gasteiger partial charge on any atom is 0.109 e. The van der Waals surface area contributed by atoms with Gasteiger partial charge in [-0.05, 0) is 6.42 Å². The molecule has 1 aliphatic heterocycles. The molecular weight excluding hydrogens is 152 g/mol. The zero-order chi connectivity index (χ0) is 7.56. The zero-order valence-electron chi connectivity index (χ0n) is 6.10. The van der Waals surface area contributed by atoms with Crippen LogP contribution in [-0.2, 0) is 4.74 Å². The van der Waals surface area contributed by atoms with Crippen molar-refractivity contribution in [3.05, 3.63) is 0 Å². The smallest absolute Gasteiger partial charge is 0.109 e. The van der Waals surface area contributed by atoms with Crippen LogP contribution < -0.4 is 0 Å². The molecule has 0 aliphatic carbocycles. The lowest BCUT2D eigenvalue weighted by molar-refractivity contribution is -0.147. The van der Waals surface area contributed by atoms with E-state index in [0.717, 1.165) is 0 Å². The molecule has 1 aliphatic rings. The van der Waals surface area contributed by atoms with Crippen LogP contribution in [0.5, 0.6) is 0 Å². The van der Waals surface area contributed by atoms with E-state index in [0.29, 0.717) is 13.0 Å². The van der Waals surface area contributed by atoms with Crippen molar-refractivity contribution in [3.63, 3.8) is 0 Å². The summed E-state index contributed by atoms with van der Waals surface area (Å²) in [4.78, 5) is 0. The highest BCUT2D eigenvalue weighted by Gasteiger charge is 2.30. The molecule has 0 radical (unpaired) electrons. The van der Waals surface area contributed by atoms with Crippen molar-refractivity contribution in [2.75, 3.05) is 13.2 Å². The quantitative estimate of drug-likeness (QED) is 0.406. The molecule has 1 rings (SSSR count). The Labute approximate surface area is 64.5 Å². The minimum atomic E-state index is -0.932. The predicted molar refractivity (Wildman–Crippen MR) is 37.1 cm³/mol. The molecule has 3 atom stereocenters. The van der Waals surface area contributed by atoms with Crippen molar-refractivity contribution in [1.29, 1.82) is 0 Å². The second-order valence-electron chi connectivity index (χ2n) is 2.44. The van der Waals surface area contributed by atoms with Crippen molar-refractivity contribution >= 4 is 0 Å². The van der Waals surface area contributed by atoms with E-state index < -0.39 is 18.3 Å². The molecule has 5 heteroatoms. The minimum Gasteiger partial charge on any atom is -0.412 e. The molecular formula is C6H14O5. The third kappa shape index (κ3) is 2.39. The Kier molecular flexibility index (Phi) is 4.55. The van der Waals surface area contributed by atoms with Crippen molar-refractivity contribution in [3.8, 4) is 0 Å². The van der Waals surface area contributed by atoms with Crippen LogP contribution in [0.2, 0.25) is 0 Å². The van der Waals surface area contributed by atoms with E-state index >= 15 is 0 Å². The van der Waals surface area contributed by atoms with Gasteiger partial charge in [0.2, 0.25) is 0 Å². The highest BCUT2D eigenvalue weighted by molar-refractivity contribution is 4.79. The highest BCUT2D eigenvalue weighted by atomic mass is 16.5. The number of rotatable bonds is 1. The fourth-order valence-corrected chi connectivity index (χ4v) is 1.02. The maximum absolute atomic E-state index is 9.10. The Morgan fingerprint density at radius 3 is 2.45 bits per heavy atom. The standard InChI is InChI=1S/C6H12O4.H2O/c7-3-5-6(9)4(8)1-2-10-5;/h4-9H,1-3H2;1H2. The number of hydrogen-bond donors (Lipinski definition) is 3. The second-order valence-corrected chi connectivity index (χ2v) is 2.44. The van der Waals surface area contributed by atoms with E-state index in [1.165, 1.54) is 0 Å². The monoisotopic (exact) mass is 166 g/mol. The summed E-state index contributed by atoms with van der Waals surface area (Å²) < 4.78 is 4.95. The van der Waals surface area contributed by atoms with E-state index in [1.807, 2.05) is 0 Å². The third-order valence-electron chi connectivity index (χ3n) is 1.70. The lowest BCUT2D eigenvalue weighted by Crippen LogP contribution is -2.46. The molecule has 0 bridgehead atoms. The van der Waals surface area contributed by atoms with Crippen LogP contribution in [0.4, 0.5) is 0 Å². The SMILES string of the molecule is O.OCC1OCCC(O)C1O. The van der Waals surface area contributed by atoms with Crippen LogP contribution in [-0.4, -0.2) is 52.3 Å². The molecule has 0 aromatic rings. The van der Waals surface area contributed by atoms with Crippen molar-refractivity contribution in [1.82, 2.24) is 0 Å². The van der Waals surface area contributed by atoms with Crippen LogP contribution in [0.25, 0.3) is 0 Å². The van der Waals surface area contributed by atoms with Gasteiger partial charge in [-0.1, -0.05) is 0 Å². The second kappa shape index (κ2) is 4.63. The van der Waals surface area contributed by atoms with Crippen LogP contribution in [0.1, 0.15) is 6.42 Å². The average molecular weight is 166 g/mol. The fraction of sp³-hybridized carbons (Fsp3) is 1.00. The molecule has 1 heterocycles. The minimum absolute atomic E-state index is 0. The van der Waals surface area contributed by atoms with Gasteiger partial charge in [-0.25, -0.2) is 0 Å². The molecule has 3 unspecified atom stereocenters.